The molecular weight excluding hydrogens is 667 g/mol. The minimum atomic E-state index is 0.695. The second-order valence-corrected chi connectivity index (χ2v) is 15.3. The maximum atomic E-state index is 6.78. The van der Waals surface area contributed by atoms with E-state index < -0.39 is 0 Å². The predicted molar refractivity (Wildman–Crippen MR) is 221 cm³/mol. The van der Waals surface area contributed by atoms with E-state index in [1.165, 1.54) is 58.6 Å². The summed E-state index contributed by atoms with van der Waals surface area (Å²) in [4.78, 5) is 10.9. The minimum absolute atomic E-state index is 0.695. The number of thiophene rings is 1. The SMILES string of the molecule is C1=C(c2cccc3c2sc2ccccc23)CCc2c1c1ccc3c4ccccc4oc3c1n2-c1nc(C2=c3ccccc3=CCC2)c2ccccc2n1. The molecule has 0 bridgehead atoms. The van der Waals surface area contributed by atoms with Crippen LogP contribution in [0.5, 0.6) is 0 Å². The van der Waals surface area contributed by atoms with Crippen LogP contribution in [0.15, 0.2) is 132 Å². The van der Waals surface area contributed by atoms with Crippen molar-refractivity contribution in [3.63, 3.8) is 0 Å². The summed E-state index contributed by atoms with van der Waals surface area (Å²) in [5.41, 5.74) is 11.2. The first kappa shape index (κ1) is 29.3. The average Bonchev–Trinajstić information content (AvgIpc) is 3.90. The van der Waals surface area contributed by atoms with Gasteiger partial charge in [0.05, 0.1) is 11.2 Å². The molecule has 250 valence electrons. The molecule has 2 aliphatic rings. The molecule has 0 N–H and O–H groups in total. The van der Waals surface area contributed by atoms with Gasteiger partial charge in [-0.05, 0) is 83.2 Å². The molecule has 12 rings (SSSR count). The Labute approximate surface area is 308 Å². The second-order valence-electron chi connectivity index (χ2n) is 14.3. The van der Waals surface area contributed by atoms with Crippen molar-refractivity contribution in [1.82, 2.24) is 14.5 Å². The number of hydrogen-bond acceptors (Lipinski definition) is 4. The van der Waals surface area contributed by atoms with Gasteiger partial charge < -0.3 is 4.42 Å². The van der Waals surface area contributed by atoms with E-state index in [0.717, 1.165) is 75.1 Å². The summed E-state index contributed by atoms with van der Waals surface area (Å²) in [6.45, 7) is 0. The molecule has 2 aliphatic carbocycles. The minimum Gasteiger partial charge on any atom is -0.454 e. The Morgan fingerprint density at radius 1 is 0.623 bits per heavy atom. The highest BCUT2D eigenvalue weighted by molar-refractivity contribution is 7.26. The highest BCUT2D eigenvalue weighted by atomic mass is 32.1. The molecule has 4 heterocycles. The smallest absolute Gasteiger partial charge is 0.235 e. The molecule has 53 heavy (non-hydrogen) atoms. The van der Waals surface area contributed by atoms with Gasteiger partial charge in [-0.15, -0.1) is 11.3 Å². The summed E-state index contributed by atoms with van der Waals surface area (Å²) in [6, 6.07) is 45.7. The quantitative estimate of drug-likeness (QED) is 0.185. The van der Waals surface area contributed by atoms with Crippen molar-refractivity contribution in [3.8, 4) is 5.95 Å². The molecule has 0 radical (unpaired) electrons. The molecule has 5 heteroatoms. The van der Waals surface area contributed by atoms with Crippen molar-refractivity contribution < 1.29 is 4.42 Å². The van der Waals surface area contributed by atoms with Crippen LogP contribution in [0.2, 0.25) is 0 Å². The highest BCUT2D eigenvalue weighted by Crippen LogP contribution is 2.45. The lowest BCUT2D eigenvalue weighted by atomic mass is 9.90. The van der Waals surface area contributed by atoms with Crippen LogP contribution in [0, 0.1) is 0 Å². The molecule has 0 saturated carbocycles. The van der Waals surface area contributed by atoms with Gasteiger partial charge in [-0.1, -0.05) is 109 Å². The molecule has 0 saturated heterocycles. The summed E-state index contributed by atoms with van der Waals surface area (Å²) < 4.78 is 11.8. The third-order valence-corrected chi connectivity index (χ3v) is 12.7. The van der Waals surface area contributed by atoms with Crippen LogP contribution in [-0.4, -0.2) is 14.5 Å². The van der Waals surface area contributed by atoms with Gasteiger partial charge in [0.2, 0.25) is 5.95 Å². The lowest BCUT2D eigenvalue weighted by molar-refractivity contribution is 0.670. The number of para-hydroxylation sites is 2. The molecule has 0 spiro atoms. The Balaban J connectivity index is 1.17. The van der Waals surface area contributed by atoms with E-state index in [1.54, 1.807) is 0 Å². The largest absolute Gasteiger partial charge is 0.454 e. The van der Waals surface area contributed by atoms with Gasteiger partial charge in [0, 0.05) is 53.0 Å². The number of aromatic nitrogens is 3. The summed E-state index contributed by atoms with van der Waals surface area (Å²) in [7, 11) is 0. The van der Waals surface area contributed by atoms with E-state index in [4.69, 9.17) is 14.4 Å². The first-order chi connectivity index (χ1) is 26.3. The molecule has 0 atom stereocenters. The molecule has 10 aromatic rings. The number of benzene rings is 6. The summed E-state index contributed by atoms with van der Waals surface area (Å²) in [5, 5.41) is 9.67. The van der Waals surface area contributed by atoms with Crippen molar-refractivity contribution >= 4 is 98.6 Å². The predicted octanol–water partition coefficient (Wildman–Crippen LogP) is 11.1. The Morgan fingerprint density at radius 3 is 2.38 bits per heavy atom. The van der Waals surface area contributed by atoms with Crippen LogP contribution >= 0.6 is 11.3 Å². The van der Waals surface area contributed by atoms with Crippen LogP contribution in [0.4, 0.5) is 0 Å². The van der Waals surface area contributed by atoms with Crippen LogP contribution in [0.25, 0.3) is 93.2 Å². The van der Waals surface area contributed by atoms with Gasteiger partial charge in [-0.3, -0.25) is 4.57 Å². The third kappa shape index (κ3) is 4.23. The molecule has 0 aliphatic heterocycles. The third-order valence-electron chi connectivity index (χ3n) is 11.4. The Morgan fingerprint density at radius 2 is 1.42 bits per heavy atom. The van der Waals surface area contributed by atoms with Gasteiger partial charge in [0.25, 0.3) is 0 Å². The summed E-state index contributed by atoms with van der Waals surface area (Å²) in [5.74, 6) is 0.695. The van der Waals surface area contributed by atoms with Gasteiger partial charge in [-0.2, -0.15) is 0 Å². The molecule has 0 amide bonds. The fourth-order valence-electron chi connectivity index (χ4n) is 9.06. The van der Waals surface area contributed by atoms with E-state index in [1.807, 2.05) is 17.4 Å². The number of furan rings is 1. The molecule has 4 nitrogen and oxygen atoms in total. The van der Waals surface area contributed by atoms with Crippen LogP contribution in [0.3, 0.4) is 0 Å². The number of allylic oxidation sites excluding steroid dienone is 1. The number of hydrogen-bond donors (Lipinski definition) is 0. The fraction of sp³-hybridized carbons (Fsp3) is 0.0833. The van der Waals surface area contributed by atoms with Gasteiger partial charge in [0.1, 0.15) is 11.1 Å². The van der Waals surface area contributed by atoms with Crippen LogP contribution in [0.1, 0.15) is 41.8 Å². The topological polar surface area (TPSA) is 43.9 Å². The van der Waals surface area contributed by atoms with Crippen molar-refractivity contribution in [2.24, 2.45) is 0 Å². The van der Waals surface area contributed by atoms with Crippen molar-refractivity contribution in [2.45, 2.75) is 25.7 Å². The van der Waals surface area contributed by atoms with Gasteiger partial charge in [0.15, 0.2) is 5.58 Å². The number of nitrogens with zero attached hydrogens (tertiary/aromatic N) is 3. The van der Waals surface area contributed by atoms with Crippen molar-refractivity contribution in [3.05, 3.63) is 160 Å². The lowest BCUT2D eigenvalue weighted by Gasteiger charge is -2.19. The Kier molecular flexibility index (Phi) is 6.14. The van der Waals surface area contributed by atoms with E-state index >= 15 is 0 Å². The van der Waals surface area contributed by atoms with Crippen molar-refractivity contribution in [2.75, 3.05) is 0 Å². The zero-order valence-corrected chi connectivity index (χ0v) is 29.6. The standard InChI is InChI=1S/C48H31N3OS/c1-2-13-30-28(11-1)12-9-18-34(30)44-38-16-3-6-20-40(38)49-48(50-44)51-41-26-23-29(31-17-10-19-37-33-15-5-8-22-43(33)53-47(31)37)27-39(41)35-24-25-36-32-14-4-7-21-42(32)52-46(36)45(35)51/h1-8,10-17,19-22,24-25,27H,9,18,23,26H2. The summed E-state index contributed by atoms with van der Waals surface area (Å²) >= 11 is 1.90. The van der Waals surface area contributed by atoms with Crippen LogP contribution in [-0.2, 0) is 6.42 Å². The first-order valence-corrected chi connectivity index (χ1v) is 19.2. The van der Waals surface area contributed by atoms with E-state index in [9.17, 15) is 0 Å². The lowest BCUT2D eigenvalue weighted by Crippen LogP contribution is -2.29. The average molecular weight is 698 g/mol. The molecular formula is C48H31N3OS. The zero-order chi connectivity index (χ0) is 34.6. The highest BCUT2D eigenvalue weighted by Gasteiger charge is 2.28. The zero-order valence-electron chi connectivity index (χ0n) is 28.8. The van der Waals surface area contributed by atoms with Gasteiger partial charge >= 0.3 is 0 Å². The monoisotopic (exact) mass is 697 g/mol. The maximum absolute atomic E-state index is 6.78. The van der Waals surface area contributed by atoms with Crippen LogP contribution < -0.4 is 10.4 Å². The second kappa shape index (κ2) is 11.1. The number of fused-ring (bicyclic) bond motifs is 12. The van der Waals surface area contributed by atoms with E-state index in [0.29, 0.717) is 5.95 Å². The van der Waals surface area contributed by atoms with E-state index in [2.05, 4.69) is 138 Å². The molecule has 4 aromatic heterocycles. The molecule has 0 unspecified atom stereocenters. The maximum Gasteiger partial charge on any atom is 0.235 e. The fourth-order valence-corrected chi connectivity index (χ4v) is 10.3. The Bertz CT molecular complexity index is 3360. The number of rotatable bonds is 3. The molecule has 6 aromatic carbocycles. The normalized spacial score (nSPS) is 14.3. The van der Waals surface area contributed by atoms with Gasteiger partial charge in [-0.25, -0.2) is 9.97 Å². The van der Waals surface area contributed by atoms with E-state index in [-0.39, 0.29) is 0 Å². The molecule has 0 fully saturated rings. The summed E-state index contributed by atoms with van der Waals surface area (Å²) in [6.07, 6.45) is 8.49. The Hall–Kier alpha value is -6.30. The van der Waals surface area contributed by atoms with Crippen molar-refractivity contribution in [1.29, 1.82) is 0 Å². The first-order valence-electron chi connectivity index (χ1n) is 18.4.